The van der Waals surface area contributed by atoms with Crippen LogP contribution in [0.1, 0.15) is 58.6 Å². The molecule has 0 saturated heterocycles. The van der Waals surface area contributed by atoms with E-state index in [4.69, 9.17) is 4.74 Å². The molecule has 1 rings (SSSR count). The Morgan fingerprint density at radius 3 is 2.71 bits per heavy atom. The van der Waals surface area contributed by atoms with Crippen molar-refractivity contribution < 1.29 is 4.74 Å². The van der Waals surface area contributed by atoms with E-state index >= 15 is 0 Å². The molecule has 1 N–H and O–H groups in total. The molecule has 0 saturated carbocycles. The minimum atomic E-state index is 0.349. The van der Waals surface area contributed by atoms with Gasteiger partial charge in [0.15, 0.2) is 0 Å². The Hall–Kier alpha value is -0.740. The van der Waals surface area contributed by atoms with Gasteiger partial charge in [-0.2, -0.15) is 11.8 Å². The van der Waals surface area contributed by atoms with Crippen molar-refractivity contribution in [1.82, 2.24) is 10.3 Å². The fourth-order valence-corrected chi connectivity index (χ4v) is 2.96. The van der Waals surface area contributed by atoms with Crippen LogP contribution in [0.15, 0.2) is 18.5 Å². The quantitative estimate of drug-likeness (QED) is 0.655. The number of nitrogens with one attached hydrogen (secondary N) is 1. The van der Waals surface area contributed by atoms with Crippen molar-refractivity contribution in [3.63, 3.8) is 0 Å². The summed E-state index contributed by atoms with van der Waals surface area (Å²) >= 11 is 2.02. The first-order chi connectivity index (χ1) is 10.2. The van der Waals surface area contributed by atoms with E-state index < -0.39 is 0 Å². The third-order valence-electron chi connectivity index (χ3n) is 3.37. The van der Waals surface area contributed by atoms with Gasteiger partial charge in [-0.1, -0.05) is 27.7 Å². The molecule has 120 valence electrons. The molecule has 0 aromatic carbocycles. The SMILES string of the molecule is CCCNC(CSC(C)CC)c1cncc(OCCC)c1. The second-order valence-corrected chi connectivity index (χ2v) is 6.83. The lowest BCUT2D eigenvalue weighted by Crippen LogP contribution is -2.25. The van der Waals surface area contributed by atoms with E-state index in [1.165, 1.54) is 12.0 Å². The van der Waals surface area contributed by atoms with E-state index in [9.17, 15) is 0 Å². The van der Waals surface area contributed by atoms with Crippen molar-refractivity contribution in [3.8, 4) is 5.75 Å². The van der Waals surface area contributed by atoms with Gasteiger partial charge in [-0.3, -0.25) is 4.98 Å². The Bertz CT molecular complexity index is 387. The van der Waals surface area contributed by atoms with Crippen molar-refractivity contribution in [1.29, 1.82) is 0 Å². The number of nitrogens with zero attached hydrogens (tertiary/aromatic N) is 1. The zero-order valence-electron chi connectivity index (χ0n) is 13.9. The first-order valence-corrected chi connectivity index (χ1v) is 9.18. The van der Waals surface area contributed by atoms with Crippen LogP contribution in [-0.2, 0) is 0 Å². The van der Waals surface area contributed by atoms with Crippen molar-refractivity contribution in [2.45, 2.75) is 58.2 Å². The summed E-state index contributed by atoms with van der Waals surface area (Å²) in [5, 5.41) is 4.33. The third-order valence-corrected chi connectivity index (χ3v) is 4.80. The van der Waals surface area contributed by atoms with Crippen molar-refractivity contribution in [2.75, 3.05) is 18.9 Å². The number of thioether (sulfide) groups is 1. The van der Waals surface area contributed by atoms with Gasteiger partial charge in [-0.15, -0.1) is 0 Å². The van der Waals surface area contributed by atoms with Crippen molar-refractivity contribution in [2.24, 2.45) is 0 Å². The minimum absolute atomic E-state index is 0.349. The monoisotopic (exact) mass is 310 g/mol. The highest BCUT2D eigenvalue weighted by Gasteiger charge is 2.13. The molecule has 2 atom stereocenters. The number of rotatable bonds is 11. The van der Waals surface area contributed by atoms with Crippen LogP contribution in [0.2, 0.25) is 0 Å². The average Bonchev–Trinajstić information content (AvgIpc) is 2.53. The molecule has 0 bridgehead atoms. The van der Waals surface area contributed by atoms with Gasteiger partial charge in [0, 0.05) is 23.2 Å². The molecule has 3 nitrogen and oxygen atoms in total. The highest BCUT2D eigenvalue weighted by Crippen LogP contribution is 2.24. The molecule has 4 heteroatoms. The molecule has 1 aromatic rings. The first kappa shape index (κ1) is 18.3. The summed E-state index contributed by atoms with van der Waals surface area (Å²) in [5.41, 5.74) is 1.23. The van der Waals surface area contributed by atoms with Gasteiger partial charge in [-0.25, -0.2) is 0 Å². The zero-order chi connectivity index (χ0) is 15.5. The summed E-state index contributed by atoms with van der Waals surface area (Å²) in [5.74, 6) is 1.96. The lowest BCUT2D eigenvalue weighted by Gasteiger charge is -2.20. The lowest BCUT2D eigenvalue weighted by molar-refractivity contribution is 0.315. The molecular weight excluding hydrogens is 280 g/mol. The maximum absolute atomic E-state index is 5.70. The third kappa shape index (κ3) is 7.18. The highest BCUT2D eigenvalue weighted by molar-refractivity contribution is 7.99. The molecule has 2 unspecified atom stereocenters. The van der Waals surface area contributed by atoms with Crippen molar-refractivity contribution in [3.05, 3.63) is 24.0 Å². The van der Waals surface area contributed by atoms with Gasteiger partial charge in [0.05, 0.1) is 12.8 Å². The summed E-state index contributed by atoms with van der Waals surface area (Å²) in [7, 11) is 0. The smallest absolute Gasteiger partial charge is 0.137 e. The van der Waals surface area contributed by atoms with Gasteiger partial charge < -0.3 is 10.1 Å². The molecule has 0 aliphatic carbocycles. The fraction of sp³-hybridized carbons (Fsp3) is 0.706. The number of pyridine rings is 1. The summed E-state index contributed by atoms with van der Waals surface area (Å²) in [6.07, 6.45) is 7.14. The second kappa shape index (κ2) is 10.9. The van der Waals surface area contributed by atoms with E-state index in [1.54, 1.807) is 6.20 Å². The molecule has 0 aliphatic rings. The van der Waals surface area contributed by atoms with Crippen LogP contribution in [0.4, 0.5) is 0 Å². The summed E-state index contributed by atoms with van der Waals surface area (Å²) in [6, 6.07) is 2.48. The molecule has 0 spiro atoms. The van der Waals surface area contributed by atoms with Crippen LogP contribution in [0, 0.1) is 0 Å². The van der Waals surface area contributed by atoms with E-state index in [0.29, 0.717) is 11.3 Å². The molecular formula is C17H30N2OS. The van der Waals surface area contributed by atoms with E-state index in [2.05, 4.69) is 44.1 Å². The number of aromatic nitrogens is 1. The number of hydrogen-bond donors (Lipinski definition) is 1. The molecule has 21 heavy (non-hydrogen) atoms. The molecule has 0 amide bonds. The van der Waals surface area contributed by atoms with Gasteiger partial charge in [0.25, 0.3) is 0 Å². The average molecular weight is 311 g/mol. The predicted molar refractivity (Wildman–Crippen MR) is 93.3 cm³/mol. The topological polar surface area (TPSA) is 34.2 Å². The normalized spacial score (nSPS) is 13.9. The first-order valence-electron chi connectivity index (χ1n) is 8.13. The molecule has 0 aliphatic heterocycles. The standard InChI is InChI=1S/C17H30N2OS/c1-5-8-19-17(13-21-14(4)7-3)15-10-16(12-18-11-15)20-9-6-2/h10-12,14,17,19H,5-9,13H2,1-4H3. The number of hydrogen-bond acceptors (Lipinski definition) is 4. The van der Waals surface area contributed by atoms with Crippen LogP contribution >= 0.6 is 11.8 Å². The van der Waals surface area contributed by atoms with Crippen molar-refractivity contribution >= 4 is 11.8 Å². The van der Waals surface area contributed by atoms with Crippen LogP contribution in [-0.4, -0.2) is 29.1 Å². The Morgan fingerprint density at radius 1 is 1.24 bits per heavy atom. The predicted octanol–water partition coefficient (Wildman–Crippen LogP) is 4.44. The fourth-order valence-electron chi connectivity index (χ4n) is 1.89. The van der Waals surface area contributed by atoms with Crippen LogP contribution in [0.5, 0.6) is 5.75 Å². The molecule has 1 heterocycles. The summed E-state index contributed by atoms with van der Waals surface area (Å²) < 4.78 is 5.70. The zero-order valence-corrected chi connectivity index (χ0v) is 14.7. The molecule has 1 aromatic heterocycles. The molecule has 0 fully saturated rings. The summed E-state index contributed by atoms with van der Waals surface area (Å²) in [6.45, 7) is 10.6. The Balaban J connectivity index is 2.71. The largest absolute Gasteiger partial charge is 0.492 e. The van der Waals surface area contributed by atoms with Gasteiger partial charge >= 0.3 is 0 Å². The molecule has 0 radical (unpaired) electrons. The Labute approximate surface area is 134 Å². The van der Waals surface area contributed by atoms with Gasteiger partial charge in [-0.05, 0) is 37.4 Å². The maximum Gasteiger partial charge on any atom is 0.137 e. The highest BCUT2D eigenvalue weighted by atomic mass is 32.2. The maximum atomic E-state index is 5.70. The van der Waals surface area contributed by atoms with E-state index in [1.807, 2.05) is 18.0 Å². The van der Waals surface area contributed by atoms with E-state index in [0.717, 1.165) is 37.5 Å². The van der Waals surface area contributed by atoms with Gasteiger partial charge in [0.1, 0.15) is 5.75 Å². The van der Waals surface area contributed by atoms with Crippen LogP contribution < -0.4 is 10.1 Å². The van der Waals surface area contributed by atoms with Gasteiger partial charge in [0.2, 0.25) is 0 Å². The van der Waals surface area contributed by atoms with Crippen LogP contribution in [0.3, 0.4) is 0 Å². The minimum Gasteiger partial charge on any atom is -0.492 e. The summed E-state index contributed by atoms with van der Waals surface area (Å²) in [4.78, 5) is 4.34. The Kier molecular flexibility index (Phi) is 9.51. The Morgan fingerprint density at radius 2 is 2.05 bits per heavy atom. The number of ether oxygens (including phenoxy) is 1. The van der Waals surface area contributed by atoms with Crippen LogP contribution in [0.25, 0.3) is 0 Å². The lowest BCUT2D eigenvalue weighted by atomic mass is 10.1. The second-order valence-electron chi connectivity index (χ2n) is 5.36. The van der Waals surface area contributed by atoms with E-state index in [-0.39, 0.29) is 0 Å².